The number of nitrogens with one attached hydrogen (secondary N) is 1. The predicted octanol–water partition coefficient (Wildman–Crippen LogP) is 2.72. The van der Waals surface area contributed by atoms with Gasteiger partial charge in [0.2, 0.25) is 0 Å². The van der Waals surface area contributed by atoms with E-state index in [0.717, 1.165) is 0 Å². The summed E-state index contributed by atoms with van der Waals surface area (Å²) in [6.07, 6.45) is 4.08. The van der Waals surface area contributed by atoms with Gasteiger partial charge in [0.25, 0.3) is 0 Å². The van der Waals surface area contributed by atoms with Crippen LogP contribution in [0.2, 0.25) is 0 Å². The maximum atomic E-state index is 3.14. The van der Waals surface area contributed by atoms with E-state index in [1.807, 2.05) is 7.05 Å². The van der Waals surface area contributed by atoms with Crippen LogP contribution in [0.3, 0.4) is 0 Å². The van der Waals surface area contributed by atoms with Gasteiger partial charge in [-0.3, -0.25) is 0 Å². The highest BCUT2D eigenvalue weighted by Crippen LogP contribution is 2.21. The van der Waals surface area contributed by atoms with E-state index in [1.54, 1.807) is 0 Å². The molecule has 0 spiro atoms. The van der Waals surface area contributed by atoms with Gasteiger partial charge in [0.15, 0.2) is 0 Å². The van der Waals surface area contributed by atoms with Crippen molar-refractivity contribution in [2.24, 2.45) is 0 Å². The zero-order valence-electron chi connectivity index (χ0n) is 8.79. The van der Waals surface area contributed by atoms with Crippen LogP contribution in [-0.2, 0) is 0 Å². The van der Waals surface area contributed by atoms with Crippen molar-refractivity contribution in [1.82, 2.24) is 0 Å². The largest absolute Gasteiger partial charge is 0.388 e. The second-order valence-corrected chi connectivity index (χ2v) is 3.84. The van der Waals surface area contributed by atoms with E-state index in [1.165, 1.54) is 43.7 Å². The van der Waals surface area contributed by atoms with Crippen LogP contribution in [0, 0.1) is 0 Å². The highest BCUT2D eigenvalue weighted by Gasteiger charge is 2.09. The lowest BCUT2D eigenvalue weighted by atomic mass is 10.1. The smallest absolute Gasteiger partial charge is 0.0367 e. The molecule has 0 amide bonds. The van der Waals surface area contributed by atoms with Gasteiger partial charge < -0.3 is 10.2 Å². The molecule has 2 heteroatoms. The molecule has 0 bridgehead atoms. The maximum Gasteiger partial charge on any atom is 0.0367 e. The second-order valence-electron chi connectivity index (χ2n) is 3.84. The Morgan fingerprint density at radius 3 is 2.21 bits per heavy atom. The van der Waals surface area contributed by atoms with E-state index in [4.69, 9.17) is 0 Å². The van der Waals surface area contributed by atoms with E-state index in [9.17, 15) is 0 Å². The van der Waals surface area contributed by atoms with Crippen molar-refractivity contribution in [3.63, 3.8) is 0 Å². The molecule has 1 aromatic rings. The van der Waals surface area contributed by atoms with E-state index in [2.05, 4.69) is 34.5 Å². The Balaban J connectivity index is 2.07. The average molecular weight is 190 g/mol. The molecule has 2 nitrogen and oxygen atoms in total. The molecule has 0 unspecified atom stereocenters. The molecule has 0 saturated carbocycles. The van der Waals surface area contributed by atoms with E-state index < -0.39 is 0 Å². The molecule has 0 aliphatic carbocycles. The number of anilines is 2. The first-order chi connectivity index (χ1) is 6.90. The summed E-state index contributed by atoms with van der Waals surface area (Å²) < 4.78 is 0. The van der Waals surface area contributed by atoms with Crippen LogP contribution in [0.5, 0.6) is 0 Å². The molecule has 1 heterocycles. The van der Waals surface area contributed by atoms with Gasteiger partial charge in [-0.05, 0) is 43.5 Å². The number of rotatable bonds is 2. The molecule has 1 fully saturated rings. The quantitative estimate of drug-likeness (QED) is 0.771. The number of benzene rings is 1. The summed E-state index contributed by atoms with van der Waals surface area (Å²) in [5.41, 5.74) is 2.55. The third kappa shape index (κ3) is 2.00. The fourth-order valence-corrected chi connectivity index (χ4v) is 1.99. The summed E-state index contributed by atoms with van der Waals surface area (Å²) in [5.74, 6) is 0. The van der Waals surface area contributed by atoms with Crippen LogP contribution in [0.25, 0.3) is 0 Å². The fraction of sp³-hybridized carbons (Fsp3) is 0.500. The SMILES string of the molecule is CNc1ccc(N2CCCCC2)cc1. The van der Waals surface area contributed by atoms with Crippen molar-refractivity contribution >= 4 is 11.4 Å². The Morgan fingerprint density at radius 2 is 1.64 bits per heavy atom. The van der Waals surface area contributed by atoms with Gasteiger partial charge in [0.1, 0.15) is 0 Å². The van der Waals surface area contributed by atoms with E-state index in [0.29, 0.717) is 0 Å². The Hall–Kier alpha value is -1.18. The Morgan fingerprint density at radius 1 is 1.00 bits per heavy atom. The second kappa shape index (κ2) is 4.36. The first kappa shape index (κ1) is 9.38. The summed E-state index contributed by atoms with van der Waals surface area (Å²) in [6.45, 7) is 2.44. The number of nitrogens with zero attached hydrogens (tertiary/aromatic N) is 1. The lowest BCUT2D eigenvalue weighted by Crippen LogP contribution is -2.29. The molecule has 1 saturated heterocycles. The molecule has 0 aromatic heterocycles. The minimum atomic E-state index is 1.19. The topological polar surface area (TPSA) is 15.3 Å². The van der Waals surface area contributed by atoms with E-state index in [-0.39, 0.29) is 0 Å². The van der Waals surface area contributed by atoms with Crippen LogP contribution < -0.4 is 10.2 Å². The minimum Gasteiger partial charge on any atom is -0.388 e. The van der Waals surface area contributed by atoms with Gasteiger partial charge >= 0.3 is 0 Å². The van der Waals surface area contributed by atoms with E-state index >= 15 is 0 Å². The first-order valence-corrected chi connectivity index (χ1v) is 5.43. The zero-order chi connectivity index (χ0) is 9.80. The molecule has 76 valence electrons. The summed E-state index contributed by atoms with van der Waals surface area (Å²) in [6, 6.07) is 8.70. The lowest BCUT2D eigenvalue weighted by Gasteiger charge is -2.28. The maximum absolute atomic E-state index is 3.14. The average Bonchev–Trinajstić information content (AvgIpc) is 2.30. The standard InChI is InChI=1S/C12H18N2/c1-13-11-5-7-12(8-6-11)14-9-3-2-4-10-14/h5-8,13H,2-4,9-10H2,1H3. The summed E-state index contributed by atoms with van der Waals surface area (Å²) >= 11 is 0. The minimum absolute atomic E-state index is 1.19. The first-order valence-electron chi connectivity index (χ1n) is 5.43. The van der Waals surface area contributed by atoms with Crippen molar-refractivity contribution in [3.8, 4) is 0 Å². The van der Waals surface area contributed by atoms with Gasteiger partial charge in [-0.1, -0.05) is 0 Å². The third-order valence-corrected chi connectivity index (χ3v) is 2.88. The van der Waals surface area contributed by atoms with Crippen molar-refractivity contribution in [3.05, 3.63) is 24.3 Å². The summed E-state index contributed by atoms with van der Waals surface area (Å²) in [4.78, 5) is 2.48. The van der Waals surface area contributed by atoms with Crippen molar-refractivity contribution in [2.75, 3.05) is 30.4 Å². The van der Waals surface area contributed by atoms with Crippen LogP contribution in [0.15, 0.2) is 24.3 Å². The monoisotopic (exact) mass is 190 g/mol. The van der Waals surface area contributed by atoms with Gasteiger partial charge in [-0.2, -0.15) is 0 Å². The third-order valence-electron chi connectivity index (χ3n) is 2.88. The van der Waals surface area contributed by atoms with Crippen molar-refractivity contribution in [1.29, 1.82) is 0 Å². The number of piperidine rings is 1. The lowest BCUT2D eigenvalue weighted by molar-refractivity contribution is 0.578. The molecular weight excluding hydrogens is 172 g/mol. The van der Waals surface area contributed by atoms with Crippen LogP contribution in [0.1, 0.15) is 19.3 Å². The highest BCUT2D eigenvalue weighted by atomic mass is 15.1. The van der Waals surface area contributed by atoms with Crippen LogP contribution >= 0.6 is 0 Å². The Kier molecular flexibility index (Phi) is 2.92. The number of hydrogen-bond donors (Lipinski definition) is 1. The molecule has 1 aliphatic heterocycles. The Labute approximate surface area is 85.9 Å². The van der Waals surface area contributed by atoms with Gasteiger partial charge in [-0.25, -0.2) is 0 Å². The molecule has 1 aliphatic rings. The normalized spacial score (nSPS) is 16.8. The van der Waals surface area contributed by atoms with Crippen LogP contribution in [0.4, 0.5) is 11.4 Å². The zero-order valence-corrected chi connectivity index (χ0v) is 8.79. The van der Waals surface area contributed by atoms with Gasteiger partial charge in [0.05, 0.1) is 0 Å². The molecule has 1 N–H and O–H groups in total. The molecule has 1 aromatic carbocycles. The van der Waals surface area contributed by atoms with Crippen molar-refractivity contribution < 1.29 is 0 Å². The summed E-state index contributed by atoms with van der Waals surface area (Å²) in [5, 5.41) is 3.14. The van der Waals surface area contributed by atoms with Crippen molar-refractivity contribution in [2.45, 2.75) is 19.3 Å². The van der Waals surface area contributed by atoms with Crippen LogP contribution in [-0.4, -0.2) is 20.1 Å². The molecule has 14 heavy (non-hydrogen) atoms. The molecular formula is C12H18N2. The Bertz CT molecular complexity index is 273. The molecule has 0 radical (unpaired) electrons. The predicted molar refractivity (Wildman–Crippen MR) is 62.1 cm³/mol. The molecule has 0 atom stereocenters. The van der Waals surface area contributed by atoms with Gasteiger partial charge in [0, 0.05) is 31.5 Å². The summed E-state index contributed by atoms with van der Waals surface area (Å²) in [7, 11) is 1.95. The highest BCUT2D eigenvalue weighted by molar-refractivity contribution is 5.54. The number of hydrogen-bond acceptors (Lipinski definition) is 2. The molecule has 2 rings (SSSR count). The fourth-order valence-electron chi connectivity index (χ4n) is 1.99. The van der Waals surface area contributed by atoms with Gasteiger partial charge in [-0.15, -0.1) is 0 Å².